The number of amides is 3. The Morgan fingerprint density at radius 2 is 1.65 bits per heavy atom. The van der Waals surface area contributed by atoms with E-state index >= 15 is 0 Å². The lowest BCUT2D eigenvalue weighted by molar-refractivity contribution is -0.133. The summed E-state index contributed by atoms with van der Waals surface area (Å²) in [6.45, 7) is 9.30. The number of nitrogens with one attached hydrogen (secondary N) is 3. The minimum absolute atomic E-state index is 0.0404. The molecule has 1 saturated heterocycles. The van der Waals surface area contributed by atoms with Gasteiger partial charge in [0.2, 0.25) is 11.8 Å². The molecule has 0 radical (unpaired) electrons. The molecule has 2 aromatic rings. The Labute approximate surface area is 289 Å². The van der Waals surface area contributed by atoms with Gasteiger partial charge in [-0.25, -0.2) is 8.42 Å². The number of β-amino-alcohol motifs (C(OH)–C–C–N with tert-alkyl or cyclic N) is 1. The third-order valence-corrected chi connectivity index (χ3v) is 12.2. The molecule has 0 bridgehead atoms. The lowest BCUT2D eigenvalue weighted by atomic mass is 9.72. The first-order valence-electron chi connectivity index (χ1n) is 16.7. The number of hydrogen-bond donors (Lipinski definition) is 4. The van der Waals surface area contributed by atoms with Crippen LogP contribution in [0.2, 0.25) is 5.22 Å². The number of benzene rings is 1. The van der Waals surface area contributed by atoms with Crippen molar-refractivity contribution >= 4 is 39.2 Å². The van der Waals surface area contributed by atoms with E-state index in [1.807, 2.05) is 56.0 Å². The summed E-state index contributed by atoms with van der Waals surface area (Å²) in [7, 11) is -3.90. The minimum atomic E-state index is -3.90. The molecule has 2 heterocycles. The number of likely N-dealkylation sites (tertiary alicyclic amines) is 1. The van der Waals surface area contributed by atoms with Crippen LogP contribution in [0.4, 0.5) is 0 Å². The number of nitrogens with zero attached hydrogens (tertiary/aromatic N) is 1. The quantitative estimate of drug-likeness (QED) is 0.260. The van der Waals surface area contributed by atoms with Gasteiger partial charge in [-0.1, -0.05) is 49.6 Å². The molecule has 266 valence electrons. The summed E-state index contributed by atoms with van der Waals surface area (Å²) < 4.78 is 29.3. The second-order valence-electron chi connectivity index (χ2n) is 15.0. The lowest BCUT2D eigenvalue weighted by Gasteiger charge is -2.47. The first-order valence-corrected chi connectivity index (χ1v) is 19.0. The van der Waals surface area contributed by atoms with Crippen molar-refractivity contribution in [2.45, 2.75) is 108 Å². The second-order valence-corrected chi connectivity index (χ2v) is 18.0. The standard InChI is InChI=1S/C35H51ClN4O7S/c1-34(2,3)39-31(42)26-19-23-14-10-11-15-24(23)20-40(26)21-27(41)25(18-22-12-8-7-9-13-22)37-33(44)30(35(4,5)48(6,45)46)38-32(43)28-16-17-29(36)47-28/h7-9,12-13,16-17,23-27,30,41H,10-11,14-15,18-21H2,1-6H3,(H,37,44)(H,38,43)(H,39,42)/t23-,24+,25?,26?,27?,30+/m0/s1. The molecule has 3 amide bonds. The minimum Gasteiger partial charge on any atom is -0.440 e. The summed E-state index contributed by atoms with van der Waals surface area (Å²) >= 11 is 5.85. The molecule has 4 N–H and O–H groups in total. The number of halogens is 1. The number of aliphatic hydroxyl groups excluding tert-OH is 1. The molecule has 4 rings (SSSR count). The van der Waals surface area contributed by atoms with Crippen LogP contribution in [0.5, 0.6) is 0 Å². The van der Waals surface area contributed by atoms with Crippen LogP contribution in [-0.4, -0.2) is 90.0 Å². The van der Waals surface area contributed by atoms with Crippen LogP contribution < -0.4 is 16.0 Å². The van der Waals surface area contributed by atoms with Crippen molar-refractivity contribution in [1.82, 2.24) is 20.9 Å². The van der Waals surface area contributed by atoms with E-state index in [2.05, 4.69) is 16.0 Å². The van der Waals surface area contributed by atoms with Gasteiger partial charge in [0.1, 0.15) is 6.04 Å². The Kier molecular flexibility index (Phi) is 12.1. The van der Waals surface area contributed by atoms with E-state index < -0.39 is 56.2 Å². The van der Waals surface area contributed by atoms with Gasteiger partial charge in [0, 0.05) is 24.9 Å². The number of piperidine rings is 1. The van der Waals surface area contributed by atoms with E-state index in [9.17, 15) is 27.9 Å². The van der Waals surface area contributed by atoms with Crippen molar-refractivity contribution in [2.24, 2.45) is 11.8 Å². The molecule has 11 nitrogen and oxygen atoms in total. The average molecular weight is 707 g/mol. The molecule has 1 saturated carbocycles. The molecule has 1 aliphatic heterocycles. The lowest BCUT2D eigenvalue weighted by Crippen LogP contribution is -2.64. The van der Waals surface area contributed by atoms with Crippen molar-refractivity contribution in [3.8, 4) is 0 Å². The normalized spacial score (nSPS) is 22.5. The first-order chi connectivity index (χ1) is 22.4. The molecule has 2 aliphatic rings. The zero-order chi connectivity index (χ0) is 35.4. The third-order valence-electron chi connectivity index (χ3n) is 9.80. The largest absolute Gasteiger partial charge is 0.440 e. The van der Waals surface area contributed by atoms with Crippen LogP contribution in [0.1, 0.15) is 82.8 Å². The summed E-state index contributed by atoms with van der Waals surface area (Å²) in [5.74, 6) is -1.02. The zero-order valence-electron chi connectivity index (χ0n) is 28.8. The van der Waals surface area contributed by atoms with Crippen LogP contribution in [0.25, 0.3) is 0 Å². The molecular weight excluding hydrogens is 656 g/mol. The highest BCUT2D eigenvalue weighted by Crippen LogP contribution is 2.39. The Morgan fingerprint density at radius 3 is 2.23 bits per heavy atom. The van der Waals surface area contributed by atoms with E-state index in [4.69, 9.17) is 16.0 Å². The molecule has 3 unspecified atom stereocenters. The number of aliphatic hydroxyl groups is 1. The van der Waals surface area contributed by atoms with Crippen molar-refractivity contribution in [1.29, 1.82) is 0 Å². The molecule has 1 aromatic carbocycles. The molecule has 1 aromatic heterocycles. The van der Waals surface area contributed by atoms with E-state index in [1.54, 1.807) is 0 Å². The van der Waals surface area contributed by atoms with Crippen LogP contribution in [0.15, 0.2) is 46.9 Å². The van der Waals surface area contributed by atoms with Gasteiger partial charge >= 0.3 is 0 Å². The maximum atomic E-state index is 14.1. The number of rotatable bonds is 12. The van der Waals surface area contributed by atoms with Crippen molar-refractivity contribution < 1.29 is 32.3 Å². The monoisotopic (exact) mass is 706 g/mol. The summed E-state index contributed by atoms with van der Waals surface area (Å²) in [4.78, 5) is 42.8. The highest BCUT2D eigenvalue weighted by molar-refractivity contribution is 7.92. The van der Waals surface area contributed by atoms with Gasteiger partial charge in [-0.15, -0.1) is 0 Å². The Morgan fingerprint density at radius 1 is 1.00 bits per heavy atom. The smallest absolute Gasteiger partial charge is 0.287 e. The second kappa shape index (κ2) is 15.3. The number of furan rings is 1. The number of carbonyl (C=O) groups excluding carboxylic acids is 3. The Bertz CT molecular complexity index is 1540. The van der Waals surface area contributed by atoms with E-state index in [-0.39, 0.29) is 29.9 Å². The van der Waals surface area contributed by atoms with Crippen molar-refractivity contribution in [3.63, 3.8) is 0 Å². The topological polar surface area (TPSA) is 158 Å². The van der Waals surface area contributed by atoms with E-state index in [0.717, 1.165) is 37.5 Å². The van der Waals surface area contributed by atoms with Crippen LogP contribution in [-0.2, 0) is 25.8 Å². The summed E-state index contributed by atoms with van der Waals surface area (Å²) in [6.07, 6.45) is 5.21. The van der Waals surface area contributed by atoms with Gasteiger partial charge in [-0.3, -0.25) is 19.3 Å². The molecule has 48 heavy (non-hydrogen) atoms. The third kappa shape index (κ3) is 9.61. The van der Waals surface area contributed by atoms with Crippen LogP contribution >= 0.6 is 11.6 Å². The summed E-state index contributed by atoms with van der Waals surface area (Å²) in [5.41, 5.74) is 0.407. The average Bonchev–Trinajstić information content (AvgIpc) is 3.44. The fourth-order valence-electron chi connectivity index (χ4n) is 6.82. The maximum absolute atomic E-state index is 14.1. The van der Waals surface area contributed by atoms with Crippen molar-refractivity contribution in [2.75, 3.05) is 19.3 Å². The maximum Gasteiger partial charge on any atom is 0.287 e. The van der Waals surface area contributed by atoms with E-state index in [1.165, 1.54) is 26.0 Å². The van der Waals surface area contributed by atoms with Gasteiger partial charge in [-0.05, 0) is 95.0 Å². The highest BCUT2D eigenvalue weighted by Gasteiger charge is 2.46. The molecule has 1 aliphatic carbocycles. The number of fused-ring (bicyclic) bond motifs is 1. The molecule has 0 spiro atoms. The SMILES string of the molecule is CC(C)(C)NC(=O)C1C[C@@H]2CCCC[C@@H]2CN1CC(O)C(Cc1ccccc1)NC(=O)[C@@H](NC(=O)c1ccc(Cl)o1)C(C)(C)S(C)(=O)=O. The Balaban J connectivity index is 1.62. The van der Waals surface area contributed by atoms with E-state index in [0.29, 0.717) is 24.8 Å². The molecule has 13 heteroatoms. The summed E-state index contributed by atoms with van der Waals surface area (Å²) in [5, 5.41) is 20.4. The fourth-order valence-corrected chi connectivity index (χ4v) is 7.56. The number of carbonyl (C=O) groups is 3. The molecular formula is C35H51ClN4O7S. The Hall–Kier alpha value is -2.93. The number of sulfone groups is 1. The van der Waals surface area contributed by atoms with Gasteiger partial charge in [0.15, 0.2) is 20.8 Å². The van der Waals surface area contributed by atoms with Crippen LogP contribution in [0, 0.1) is 11.8 Å². The van der Waals surface area contributed by atoms with Gasteiger partial charge in [-0.2, -0.15) is 0 Å². The van der Waals surface area contributed by atoms with Gasteiger partial charge in [0.25, 0.3) is 5.91 Å². The number of hydrogen-bond acceptors (Lipinski definition) is 8. The first kappa shape index (κ1) is 37.9. The molecule has 2 fully saturated rings. The van der Waals surface area contributed by atoms with Crippen molar-refractivity contribution in [3.05, 3.63) is 59.0 Å². The highest BCUT2D eigenvalue weighted by atomic mass is 35.5. The van der Waals surface area contributed by atoms with Gasteiger partial charge in [0.05, 0.1) is 22.9 Å². The zero-order valence-corrected chi connectivity index (χ0v) is 30.4. The predicted octanol–water partition coefficient (Wildman–Crippen LogP) is 3.74. The molecule has 6 atom stereocenters. The summed E-state index contributed by atoms with van der Waals surface area (Å²) in [6, 6.07) is 9.12. The van der Waals surface area contributed by atoms with Gasteiger partial charge < -0.3 is 25.5 Å². The van der Waals surface area contributed by atoms with Crippen LogP contribution in [0.3, 0.4) is 0 Å². The predicted molar refractivity (Wildman–Crippen MR) is 185 cm³/mol. The fraction of sp³-hybridized carbons (Fsp3) is 0.629.